The number of hydrogen-bond donors (Lipinski definition) is 2. The van der Waals surface area contributed by atoms with Gasteiger partial charge >= 0.3 is 0 Å². The summed E-state index contributed by atoms with van der Waals surface area (Å²) in [5, 5.41) is 11.8. The van der Waals surface area contributed by atoms with E-state index in [1.54, 1.807) is 12.1 Å². The van der Waals surface area contributed by atoms with Gasteiger partial charge in [0.05, 0.1) is 6.61 Å². The summed E-state index contributed by atoms with van der Waals surface area (Å²) in [4.78, 5) is 12.4. The molecule has 1 amide bonds. The Morgan fingerprint density at radius 1 is 1.43 bits per heavy atom. The summed E-state index contributed by atoms with van der Waals surface area (Å²) in [6.07, 6.45) is 2.10. The van der Waals surface area contributed by atoms with Crippen molar-refractivity contribution in [2.75, 3.05) is 19.8 Å². The van der Waals surface area contributed by atoms with Gasteiger partial charge < -0.3 is 15.2 Å². The molecule has 2 N–H and O–H groups in total. The Balaban J connectivity index is 2.05. The van der Waals surface area contributed by atoms with E-state index in [9.17, 15) is 4.79 Å². The fourth-order valence-electron chi connectivity index (χ4n) is 2.25. The zero-order chi connectivity index (χ0) is 15.1. The smallest absolute Gasteiger partial charge is 0.251 e. The van der Waals surface area contributed by atoms with Crippen LogP contribution in [0.1, 0.15) is 42.1 Å². The van der Waals surface area contributed by atoms with E-state index in [2.05, 4.69) is 24.1 Å². The number of amides is 1. The lowest BCUT2D eigenvalue weighted by Crippen LogP contribution is -2.49. The summed E-state index contributed by atoms with van der Waals surface area (Å²) >= 11 is 0. The maximum Gasteiger partial charge on any atom is 0.251 e. The van der Waals surface area contributed by atoms with E-state index >= 15 is 0 Å². The van der Waals surface area contributed by atoms with Crippen LogP contribution >= 0.6 is 0 Å². The average molecular weight is 287 g/mol. The molecule has 1 fully saturated rings. The first-order chi connectivity index (χ1) is 10.1. The van der Waals surface area contributed by atoms with Gasteiger partial charge in [-0.05, 0) is 38.0 Å². The lowest BCUT2D eigenvalue weighted by Gasteiger charge is -2.34. The maximum absolute atomic E-state index is 12.4. The first kappa shape index (κ1) is 15.6. The van der Waals surface area contributed by atoms with Crippen molar-refractivity contribution < 1.29 is 14.6 Å². The molecule has 0 radical (unpaired) electrons. The van der Waals surface area contributed by atoms with Gasteiger partial charge in [-0.3, -0.25) is 4.79 Å². The Labute approximate surface area is 125 Å². The van der Waals surface area contributed by atoms with Crippen molar-refractivity contribution in [1.29, 1.82) is 0 Å². The predicted molar refractivity (Wildman–Crippen MR) is 80.9 cm³/mol. The Hall–Kier alpha value is -1.83. The summed E-state index contributed by atoms with van der Waals surface area (Å²) in [6, 6.07) is 7.25. The van der Waals surface area contributed by atoms with Crippen LogP contribution in [0.25, 0.3) is 0 Å². The number of aliphatic hydroxyl groups is 1. The first-order valence-electron chi connectivity index (χ1n) is 7.23. The molecular weight excluding hydrogens is 266 g/mol. The Morgan fingerprint density at radius 2 is 2.19 bits per heavy atom. The number of nitrogens with one attached hydrogen (secondary N) is 1. The van der Waals surface area contributed by atoms with Gasteiger partial charge in [-0.25, -0.2) is 0 Å². The van der Waals surface area contributed by atoms with Crippen molar-refractivity contribution in [3.8, 4) is 11.8 Å². The molecule has 0 spiro atoms. The normalized spacial score (nSPS) is 16.7. The Morgan fingerprint density at radius 3 is 2.90 bits per heavy atom. The third-order valence-electron chi connectivity index (χ3n) is 3.61. The van der Waals surface area contributed by atoms with Crippen LogP contribution in [0.5, 0.6) is 0 Å². The number of aliphatic hydroxyl groups excluding tert-OH is 1. The summed E-state index contributed by atoms with van der Waals surface area (Å²) in [5.41, 5.74) is 1.19. The van der Waals surface area contributed by atoms with Crippen molar-refractivity contribution in [2.45, 2.75) is 31.7 Å². The van der Waals surface area contributed by atoms with Gasteiger partial charge in [0.1, 0.15) is 0 Å². The number of benzene rings is 1. The molecule has 4 nitrogen and oxygen atoms in total. The van der Waals surface area contributed by atoms with Gasteiger partial charge in [0.25, 0.3) is 5.91 Å². The van der Waals surface area contributed by atoms with Gasteiger partial charge in [-0.1, -0.05) is 17.9 Å². The van der Waals surface area contributed by atoms with Gasteiger partial charge in [0.2, 0.25) is 0 Å². The Kier molecular flexibility index (Phi) is 5.38. The standard InChI is InChI=1S/C17H21NO3/c1-17(8-11-21-12-9-17)18-16(20)15-7-4-6-14(13-15)5-2-3-10-19/h4,6-7,13,19H,3,8-12H2,1H3,(H,18,20). The average Bonchev–Trinajstić information content (AvgIpc) is 2.48. The molecule has 1 heterocycles. The topological polar surface area (TPSA) is 58.6 Å². The minimum absolute atomic E-state index is 0.0492. The van der Waals surface area contributed by atoms with Gasteiger partial charge in [0, 0.05) is 36.3 Å². The second-order valence-corrected chi connectivity index (χ2v) is 5.48. The molecule has 1 aliphatic heterocycles. The molecule has 1 saturated heterocycles. The molecular formula is C17H21NO3. The van der Waals surface area contributed by atoms with Crippen molar-refractivity contribution in [3.63, 3.8) is 0 Å². The molecule has 0 unspecified atom stereocenters. The summed E-state index contributed by atoms with van der Waals surface area (Å²) in [5.74, 6) is 5.72. The van der Waals surface area contributed by atoms with Gasteiger partial charge in [-0.2, -0.15) is 0 Å². The highest BCUT2D eigenvalue weighted by Gasteiger charge is 2.29. The zero-order valence-corrected chi connectivity index (χ0v) is 12.3. The van der Waals surface area contributed by atoms with Crippen molar-refractivity contribution in [2.24, 2.45) is 0 Å². The van der Waals surface area contributed by atoms with Crippen LogP contribution < -0.4 is 5.32 Å². The number of rotatable bonds is 3. The van der Waals surface area contributed by atoms with Gasteiger partial charge in [-0.15, -0.1) is 0 Å². The van der Waals surface area contributed by atoms with E-state index < -0.39 is 0 Å². The van der Waals surface area contributed by atoms with Gasteiger partial charge in [0.15, 0.2) is 0 Å². The first-order valence-corrected chi connectivity index (χ1v) is 7.23. The van der Waals surface area contributed by atoms with E-state index in [0.29, 0.717) is 25.2 Å². The van der Waals surface area contributed by atoms with Crippen molar-refractivity contribution in [3.05, 3.63) is 35.4 Å². The Bertz CT molecular complexity index is 551. The van der Waals surface area contributed by atoms with Crippen LogP contribution in [0.4, 0.5) is 0 Å². The fraction of sp³-hybridized carbons (Fsp3) is 0.471. The highest BCUT2D eigenvalue weighted by atomic mass is 16.5. The predicted octanol–water partition coefficient (Wildman–Crippen LogP) is 1.72. The highest BCUT2D eigenvalue weighted by Crippen LogP contribution is 2.20. The third-order valence-corrected chi connectivity index (χ3v) is 3.61. The molecule has 112 valence electrons. The molecule has 21 heavy (non-hydrogen) atoms. The largest absolute Gasteiger partial charge is 0.395 e. The lowest BCUT2D eigenvalue weighted by atomic mass is 9.92. The monoisotopic (exact) mass is 287 g/mol. The van der Waals surface area contributed by atoms with Crippen LogP contribution in [0.2, 0.25) is 0 Å². The van der Waals surface area contributed by atoms with Crippen LogP contribution in [-0.2, 0) is 4.74 Å². The summed E-state index contributed by atoms with van der Waals surface area (Å²) in [7, 11) is 0. The fourth-order valence-corrected chi connectivity index (χ4v) is 2.25. The zero-order valence-electron chi connectivity index (χ0n) is 12.3. The van der Waals surface area contributed by atoms with Crippen LogP contribution in [0.3, 0.4) is 0 Å². The van der Waals surface area contributed by atoms with Crippen molar-refractivity contribution in [1.82, 2.24) is 5.32 Å². The minimum atomic E-state index is -0.200. The van der Waals surface area contributed by atoms with E-state index in [-0.39, 0.29) is 18.1 Å². The van der Waals surface area contributed by atoms with Crippen molar-refractivity contribution >= 4 is 5.91 Å². The van der Waals surface area contributed by atoms with Crippen LogP contribution in [0, 0.1) is 11.8 Å². The molecule has 0 saturated carbocycles. The molecule has 2 rings (SSSR count). The molecule has 0 bridgehead atoms. The SMILES string of the molecule is CC1(NC(=O)c2cccc(C#CCCO)c2)CCOCC1. The van der Waals surface area contributed by atoms with Crippen LogP contribution in [-0.4, -0.2) is 36.4 Å². The second kappa shape index (κ2) is 7.26. The minimum Gasteiger partial charge on any atom is -0.395 e. The number of carbonyl (C=O) groups excluding carboxylic acids is 1. The molecule has 1 aromatic carbocycles. The van der Waals surface area contributed by atoms with E-state index in [1.807, 2.05) is 12.1 Å². The quantitative estimate of drug-likeness (QED) is 0.832. The maximum atomic E-state index is 12.4. The summed E-state index contributed by atoms with van der Waals surface area (Å²) < 4.78 is 5.34. The number of ether oxygens (including phenoxy) is 1. The third kappa shape index (κ3) is 4.59. The molecule has 1 aliphatic rings. The molecule has 0 aromatic heterocycles. The molecule has 0 atom stereocenters. The van der Waals surface area contributed by atoms with E-state index in [1.165, 1.54) is 0 Å². The molecule has 4 heteroatoms. The molecule has 0 aliphatic carbocycles. The second-order valence-electron chi connectivity index (χ2n) is 5.48. The lowest BCUT2D eigenvalue weighted by molar-refractivity contribution is 0.0423. The number of carbonyl (C=O) groups is 1. The highest BCUT2D eigenvalue weighted by molar-refractivity contribution is 5.95. The van der Waals surface area contributed by atoms with E-state index in [4.69, 9.17) is 9.84 Å². The molecule has 1 aromatic rings. The number of hydrogen-bond acceptors (Lipinski definition) is 3. The summed E-state index contributed by atoms with van der Waals surface area (Å²) in [6.45, 7) is 3.47. The van der Waals surface area contributed by atoms with E-state index in [0.717, 1.165) is 18.4 Å². The van der Waals surface area contributed by atoms with Crippen LogP contribution in [0.15, 0.2) is 24.3 Å².